The van der Waals surface area contributed by atoms with Gasteiger partial charge in [-0.1, -0.05) is 12.8 Å². The molecular weight excluding hydrogens is 348 g/mol. The van der Waals surface area contributed by atoms with Gasteiger partial charge in [0.2, 0.25) is 11.8 Å². The molecule has 7 heteroatoms. The molecule has 1 aromatic heterocycles. The predicted octanol–water partition coefficient (Wildman–Crippen LogP) is 3.11. The Bertz CT molecular complexity index is 769. The molecule has 136 valence electrons. The number of rotatable bonds is 4. The van der Waals surface area contributed by atoms with Gasteiger partial charge in [0.1, 0.15) is 11.9 Å². The first kappa shape index (κ1) is 17.1. The van der Waals surface area contributed by atoms with E-state index >= 15 is 0 Å². The number of aromatic nitrogens is 2. The van der Waals surface area contributed by atoms with Gasteiger partial charge in [0.05, 0.1) is 5.88 Å². The van der Waals surface area contributed by atoms with E-state index in [1.807, 2.05) is 24.3 Å². The average Bonchev–Trinajstić information content (AvgIpc) is 3.44. The normalized spacial score (nSPS) is 20.5. The van der Waals surface area contributed by atoms with E-state index in [0.717, 1.165) is 42.8 Å². The molecule has 2 heterocycles. The Morgan fingerprint density at radius 2 is 1.96 bits per heavy atom. The molecule has 0 radical (unpaired) electrons. The summed E-state index contributed by atoms with van der Waals surface area (Å²) >= 11 is 1.65. The van der Waals surface area contributed by atoms with Crippen LogP contribution < -0.4 is 5.32 Å². The molecule has 1 saturated heterocycles. The summed E-state index contributed by atoms with van der Waals surface area (Å²) in [6.45, 7) is 0. The Kier molecular flexibility index (Phi) is 4.97. The first-order chi connectivity index (χ1) is 12.7. The third-order valence-corrected chi connectivity index (χ3v) is 6.11. The lowest BCUT2D eigenvalue weighted by Gasteiger charge is -2.25. The fraction of sp³-hybridized carbons (Fsp3) is 0.421. The van der Waals surface area contributed by atoms with Crippen molar-refractivity contribution in [1.82, 2.24) is 14.9 Å². The molecule has 0 bridgehead atoms. The maximum Gasteiger partial charge on any atom is 0.248 e. The number of hydrogen-bond donors (Lipinski definition) is 2. The number of benzene rings is 1. The topological polar surface area (TPSA) is 78.1 Å². The van der Waals surface area contributed by atoms with Gasteiger partial charge in [-0.05, 0) is 37.1 Å². The Hall–Kier alpha value is -2.28. The minimum Gasteiger partial charge on any atom is -0.345 e. The monoisotopic (exact) mass is 370 g/mol. The fourth-order valence-electron chi connectivity index (χ4n) is 3.64. The van der Waals surface area contributed by atoms with Crippen LogP contribution in [-0.2, 0) is 9.59 Å². The number of aromatic amines is 1. The van der Waals surface area contributed by atoms with E-state index < -0.39 is 0 Å². The lowest BCUT2D eigenvalue weighted by Crippen LogP contribution is -2.46. The summed E-state index contributed by atoms with van der Waals surface area (Å²) < 4.78 is 0. The molecule has 4 rings (SSSR count). The second-order valence-corrected chi connectivity index (χ2v) is 7.81. The molecular formula is C19H22N4O2S. The molecule has 2 fully saturated rings. The summed E-state index contributed by atoms with van der Waals surface area (Å²) in [5.74, 6) is 2.23. The number of nitrogens with one attached hydrogen (secondary N) is 2. The number of imidazole rings is 1. The molecule has 2 aliphatic rings. The van der Waals surface area contributed by atoms with Gasteiger partial charge in [-0.25, -0.2) is 4.98 Å². The van der Waals surface area contributed by atoms with Gasteiger partial charge in [-0.3, -0.25) is 9.59 Å². The van der Waals surface area contributed by atoms with Gasteiger partial charge >= 0.3 is 0 Å². The summed E-state index contributed by atoms with van der Waals surface area (Å²) in [7, 11) is 0. The largest absolute Gasteiger partial charge is 0.345 e. The van der Waals surface area contributed by atoms with Gasteiger partial charge in [0, 0.05) is 35.3 Å². The van der Waals surface area contributed by atoms with Crippen LogP contribution in [0.1, 0.15) is 25.7 Å². The third-order valence-electron chi connectivity index (χ3n) is 5.10. The van der Waals surface area contributed by atoms with Crippen molar-refractivity contribution < 1.29 is 9.59 Å². The van der Waals surface area contributed by atoms with Crippen LogP contribution in [0.3, 0.4) is 0 Å². The maximum atomic E-state index is 12.7. The quantitative estimate of drug-likeness (QED) is 0.867. The number of nitrogens with zero attached hydrogens (tertiary/aromatic N) is 2. The standard InChI is InChI=1S/C19H22N4O2S/c24-18(16-11-26-12-23(16)19(25)14-3-1-2-4-14)22-15-7-5-13(6-8-15)17-20-9-10-21-17/h5-10,14,16H,1-4,11-12H2,(H,20,21)(H,22,24). The van der Waals surface area contributed by atoms with E-state index in [2.05, 4.69) is 15.3 Å². The van der Waals surface area contributed by atoms with Crippen LogP contribution in [0, 0.1) is 5.92 Å². The molecule has 2 N–H and O–H groups in total. The minimum absolute atomic E-state index is 0.105. The van der Waals surface area contributed by atoms with Crippen molar-refractivity contribution in [1.29, 1.82) is 0 Å². The zero-order chi connectivity index (χ0) is 17.9. The molecule has 1 unspecified atom stereocenters. The van der Waals surface area contributed by atoms with Crippen molar-refractivity contribution >= 4 is 29.3 Å². The predicted molar refractivity (Wildman–Crippen MR) is 103 cm³/mol. The first-order valence-electron chi connectivity index (χ1n) is 9.01. The highest BCUT2D eigenvalue weighted by Gasteiger charge is 2.38. The molecule has 1 aliphatic carbocycles. The number of amides is 2. The van der Waals surface area contributed by atoms with Crippen LogP contribution in [0.15, 0.2) is 36.7 Å². The fourth-order valence-corrected chi connectivity index (χ4v) is 4.81. The zero-order valence-electron chi connectivity index (χ0n) is 14.5. The van der Waals surface area contributed by atoms with Gasteiger partial charge in [0.15, 0.2) is 0 Å². The third kappa shape index (κ3) is 3.49. The number of carbonyl (C=O) groups excluding carboxylic acids is 2. The van der Waals surface area contributed by atoms with E-state index in [4.69, 9.17) is 0 Å². The number of thioether (sulfide) groups is 1. The van der Waals surface area contributed by atoms with Gasteiger partial charge in [-0.15, -0.1) is 11.8 Å². The molecule has 1 atom stereocenters. The lowest BCUT2D eigenvalue weighted by atomic mass is 10.1. The Morgan fingerprint density at radius 3 is 2.65 bits per heavy atom. The molecule has 1 aromatic carbocycles. The van der Waals surface area contributed by atoms with Crippen LogP contribution in [0.2, 0.25) is 0 Å². The Morgan fingerprint density at radius 1 is 1.19 bits per heavy atom. The highest BCUT2D eigenvalue weighted by molar-refractivity contribution is 7.99. The number of anilines is 1. The van der Waals surface area contributed by atoms with Crippen molar-refractivity contribution in [3.63, 3.8) is 0 Å². The van der Waals surface area contributed by atoms with Crippen molar-refractivity contribution in [2.45, 2.75) is 31.7 Å². The second kappa shape index (κ2) is 7.53. The number of H-pyrrole nitrogens is 1. The molecule has 2 amide bonds. The van der Waals surface area contributed by atoms with E-state index in [1.165, 1.54) is 0 Å². The van der Waals surface area contributed by atoms with Crippen LogP contribution in [0.4, 0.5) is 5.69 Å². The van der Waals surface area contributed by atoms with E-state index in [9.17, 15) is 9.59 Å². The number of carbonyl (C=O) groups is 2. The highest BCUT2D eigenvalue weighted by Crippen LogP contribution is 2.31. The summed E-state index contributed by atoms with van der Waals surface area (Å²) in [6, 6.07) is 7.18. The van der Waals surface area contributed by atoms with Crippen molar-refractivity contribution in [2.75, 3.05) is 16.9 Å². The van der Waals surface area contributed by atoms with E-state index in [-0.39, 0.29) is 23.8 Å². The smallest absolute Gasteiger partial charge is 0.248 e. The van der Waals surface area contributed by atoms with Crippen LogP contribution in [0.5, 0.6) is 0 Å². The molecule has 0 spiro atoms. The van der Waals surface area contributed by atoms with E-state index in [1.54, 1.807) is 29.1 Å². The van der Waals surface area contributed by atoms with E-state index in [0.29, 0.717) is 11.6 Å². The molecule has 1 aliphatic heterocycles. The summed E-state index contributed by atoms with van der Waals surface area (Å²) in [5.41, 5.74) is 1.69. The average molecular weight is 370 g/mol. The summed E-state index contributed by atoms with van der Waals surface area (Å²) in [5, 5.41) is 2.96. The van der Waals surface area contributed by atoms with Crippen LogP contribution >= 0.6 is 11.8 Å². The SMILES string of the molecule is O=C(Nc1ccc(-c2ncc[nH]2)cc1)C1CSCN1C(=O)C1CCCC1. The van der Waals surface area contributed by atoms with Gasteiger partial charge < -0.3 is 15.2 Å². The lowest BCUT2D eigenvalue weighted by molar-refractivity contribution is -0.139. The number of hydrogen-bond acceptors (Lipinski definition) is 4. The van der Waals surface area contributed by atoms with Crippen molar-refractivity contribution in [3.8, 4) is 11.4 Å². The summed E-state index contributed by atoms with van der Waals surface area (Å²) in [6.07, 6.45) is 7.65. The zero-order valence-corrected chi connectivity index (χ0v) is 15.3. The Labute approximate surface area is 156 Å². The molecule has 6 nitrogen and oxygen atoms in total. The molecule has 26 heavy (non-hydrogen) atoms. The second-order valence-electron chi connectivity index (χ2n) is 6.81. The van der Waals surface area contributed by atoms with Gasteiger partial charge in [-0.2, -0.15) is 0 Å². The highest BCUT2D eigenvalue weighted by atomic mass is 32.2. The van der Waals surface area contributed by atoms with Crippen molar-refractivity contribution in [2.24, 2.45) is 5.92 Å². The minimum atomic E-state index is -0.377. The maximum absolute atomic E-state index is 12.7. The Balaban J connectivity index is 1.41. The van der Waals surface area contributed by atoms with Crippen molar-refractivity contribution in [3.05, 3.63) is 36.7 Å². The molecule has 1 saturated carbocycles. The summed E-state index contributed by atoms with van der Waals surface area (Å²) in [4.78, 5) is 34.5. The molecule has 2 aromatic rings. The van der Waals surface area contributed by atoms with Gasteiger partial charge in [0.25, 0.3) is 0 Å². The first-order valence-corrected chi connectivity index (χ1v) is 10.2. The van der Waals surface area contributed by atoms with Crippen LogP contribution in [0.25, 0.3) is 11.4 Å². The van der Waals surface area contributed by atoms with Crippen LogP contribution in [-0.4, -0.2) is 44.4 Å².